The zero-order valence-corrected chi connectivity index (χ0v) is 11.9. The highest BCUT2D eigenvalue weighted by Gasteiger charge is 2.42. The van der Waals surface area contributed by atoms with Crippen molar-refractivity contribution in [3.8, 4) is 5.75 Å². The molecule has 1 unspecified atom stereocenters. The molecule has 0 aliphatic carbocycles. The molecular weight excluding hydrogens is 344 g/mol. The van der Waals surface area contributed by atoms with Crippen LogP contribution in [0.5, 0.6) is 5.75 Å². The van der Waals surface area contributed by atoms with Crippen molar-refractivity contribution < 1.29 is 40.7 Å². The lowest BCUT2D eigenvalue weighted by atomic mass is 10.1. The van der Waals surface area contributed by atoms with Crippen LogP contribution in [0.3, 0.4) is 0 Å². The van der Waals surface area contributed by atoms with Gasteiger partial charge in [0.1, 0.15) is 12.3 Å². The van der Waals surface area contributed by atoms with Gasteiger partial charge in [-0.2, -0.15) is 26.3 Å². The van der Waals surface area contributed by atoms with Gasteiger partial charge in [-0.3, -0.25) is 9.59 Å². The highest BCUT2D eigenvalue weighted by molar-refractivity contribution is 5.87. The highest BCUT2D eigenvalue weighted by atomic mass is 19.4. The second-order valence-electron chi connectivity index (χ2n) is 5.21. The van der Waals surface area contributed by atoms with Crippen molar-refractivity contribution >= 4 is 11.9 Å². The lowest BCUT2D eigenvalue weighted by Crippen LogP contribution is -2.36. The van der Waals surface area contributed by atoms with Crippen LogP contribution in [0.1, 0.15) is 12.0 Å². The van der Waals surface area contributed by atoms with Crippen LogP contribution in [0.2, 0.25) is 0 Å². The fourth-order valence-electron chi connectivity index (χ4n) is 2.28. The summed E-state index contributed by atoms with van der Waals surface area (Å²) in [6, 6.07) is 3.95. The molecule has 132 valence electrons. The third-order valence-electron chi connectivity index (χ3n) is 3.32. The maximum atomic E-state index is 12.8. The maximum absolute atomic E-state index is 12.8. The number of amides is 1. The molecule has 1 atom stereocenters. The summed E-state index contributed by atoms with van der Waals surface area (Å²) in [6.07, 6.45) is -9.93. The van der Waals surface area contributed by atoms with E-state index in [-0.39, 0.29) is 0 Å². The van der Waals surface area contributed by atoms with E-state index in [9.17, 15) is 35.9 Å². The summed E-state index contributed by atoms with van der Waals surface area (Å²) in [7, 11) is 0. The van der Waals surface area contributed by atoms with E-state index in [2.05, 4.69) is 4.74 Å². The zero-order valence-electron chi connectivity index (χ0n) is 11.9. The van der Waals surface area contributed by atoms with Crippen LogP contribution in [-0.2, 0) is 15.8 Å². The van der Waals surface area contributed by atoms with Gasteiger partial charge in [-0.15, -0.1) is 0 Å². The molecule has 1 aromatic carbocycles. The molecular formula is C14H11F6NO3. The number of para-hydroxylation sites is 1. The molecule has 0 bridgehead atoms. The molecule has 1 amide bonds. The Kier molecular flexibility index (Phi) is 4.77. The van der Waals surface area contributed by atoms with Crippen molar-refractivity contribution in [2.24, 2.45) is 5.92 Å². The number of rotatable bonds is 3. The number of ether oxygens (including phenoxy) is 1. The number of likely N-dealkylation sites (tertiary alicyclic amines) is 1. The Labute approximate surface area is 132 Å². The van der Waals surface area contributed by atoms with Crippen LogP contribution in [-0.4, -0.2) is 36.0 Å². The molecule has 1 fully saturated rings. The molecule has 4 nitrogen and oxygen atoms in total. The lowest BCUT2D eigenvalue weighted by Gasteiger charge is -2.18. The van der Waals surface area contributed by atoms with Crippen LogP contribution in [0.25, 0.3) is 0 Å². The summed E-state index contributed by atoms with van der Waals surface area (Å²) in [6.45, 7) is -2.07. The minimum atomic E-state index is -4.76. The van der Waals surface area contributed by atoms with Gasteiger partial charge in [-0.1, -0.05) is 12.1 Å². The zero-order chi connectivity index (χ0) is 18.1. The molecule has 0 N–H and O–H groups in total. The number of nitrogens with zero attached hydrogens (tertiary/aromatic N) is 1. The predicted octanol–water partition coefficient (Wildman–Crippen LogP) is 3.02. The van der Waals surface area contributed by atoms with E-state index in [1.54, 1.807) is 0 Å². The Bertz CT molecular complexity index is 640. The van der Waals surface area contributed by atoms with Crippen molar-refractivity contribution in [3.63, 3.8) is 0 Å². The van der Waals surface area contributed by atoms with Gasteiger partial charge in [-0.05, 0) is 12.1 Å². The Hall–Kier alpha value is -2.26. The average molecular weight is 355 g/mol. The number of esters is 1. The summed E-state index contributed by atoms with van der Waals surface area (Å²) < 4.78 is 80.0. The van der Waals surface area contributed by atoms with Crippen LogP contribution >= 0.6 is 0 Å². The first-order chi connectivity index (χ1) is 11.0. The smallest absolute Gasteiger partial charge is 0.419 e. The highest BCUT2D eigenvalue weighted by Crippen LogP contribution is 2.36. The Balaban J connectivity index is 2.08. The summed E-state index contributed by atoms with van der Waals surface area (Å²) >= 11 is 0. The third kappa shape index (κ3) is 4.39. The van der Waals surface area contributed by atoms with Gasteiger partial charge in [0.15, 0.2) is 0 Å². The average Bonchev–Trinajstić information content (AvgIpc) is 2.77. The first-order valence-corrected chi connectivity index (χ1v) is 6.70. The SMILES string of the molecule is O=C(Oc1ccccc1C(F)(F)F)C1CC(=O)N(CC(F)(F)F)C1. The minimum Gasteiger partial charge on any atom is -0.426 e. The first kappa shape index (κ1) is 18.1. The van der Waals surface area contributed by atoms with Crippen LogP contribution in [0, 0.1) is 5.92 Å². The molecule has 0 radical (unpaired) electrons. The van der Waals surface area contributed by atoms with Crippen molar-refractivity contribution in [3.05, 3.63) is 29.8 Å². The quantitative estimate of drug-likeness (QED) is 0.476. The van der Waals surface area contributed by atoms with Gasteiger partial charge in [0.05, 0.1) is 11.5 Å². The standard InChI is InChI=1S/C14H11F6NO3/c15-13(16,17)7-21-6-8(5-11(21)22)12(23)24-10-4-2-1-3-9(10)14(18,19)20/h1-4,8H,5-7H2. The molecule has 1 aromatic rings. The molecule has 1 aliphatic heterocycles. The fraction of sp³-hybridized carbons (Fsp3) is 0.429. The second kappa shape index (κ2) is 6.33. The van der Waals surface area contributed by atoms with Crippen molar-refractivity contribution in [1.82, 2.24) is 4.90 Å². The molecule has 10 heteroatoms. The summed E-state index contributed by atoms with van der Waals surface area (Å²) in [5.41, 5.74) is -1.19. The molecule has 1 saturated heterocycles. The van der Waals surface area contributed by atoms with Crippen LogP contribution in [0.4, 0.5) is 26.3 Å². The van der Waals surface area contributed by atoms with Gasteiger partial charge in [0.25, 0.3) is 0 Å². The van der Waals surface area contributed by atoms with Crippen molar-refractivity contribution in [2.75, 3.05) is 13.1 Å². The van der Waals surface area contributed by atoms with Gasteiger partial charge >= 0.3 is 18.3 Å². The number of hydrogen-bond acceptors (Lipinski definition) is 3. The van der Waals surface area contributed by atoms with E-state index in [4.69, 9.17) is 0 Å². The summed E-state index contributed by atoms with van der Waals surface area (Å²) in [5.74, 6) is -4.08. The van der Waals surface area contributed by atoms with Gasteiger partial charge in [-0.25, -0.2) is 0 Å². The van der Waals surface area contributed by atoms with Gasteiger partial charge < -0.3 is 9.64 Å². The fourth-order valence-corrected chi connectivity index (χ4v) is 2.28. The topological polar surface area (TPSA) is 46.6 Å². The summed E-state index contributed by atoms with van der Waals surface area (Å²) in [4.78, 5) is 23.8. The van der Waals surface area contributed by atoms with Gasteiger partial charge in [0.2, 0.25) is 5.91 Å². The molecule has 1 heterocycles. The molecule has 24 heavy (non-hydrogen) atoms. The monoisotopic (exact) mass is 355 g/mol. The molecule has 1 aliphatic rings. The molecule has 2 rings (SSSR count). The molecule has 0 spiro atoms. The number of carbonyl (C=O) groups excluding carboxylic acids is 2. The van der Waals surface area contributed by atoms with E-state index >= 15 is 0 Å². The number of benzene rings is 1. The van der Waals surface area contributed by atoms with Crippen molar-refractivity contribution in [2.45, 2.75) is 18.8 Å². The number of hydrogen-bond donors (Lipinski definition) is 0. The van der Waals surface area contributed by atoms with Crippen LogP contribution in [0.15, 0.2) is 24.3 Å². The van der Waals surface area contributed by atoms with E-state index < -0.39 is 61.0 Å². The summed E-state index contributed by atoms with van der Waals surface area (Å²) in [5, 5.41) is 0. The van der Waals surface area contributed by atoms with E-state index in [0.717, 1.165) is 12.1 Å². The maximum Gasteiger partial charge on any atom is 0.419 e. The number of alkyl halides is 6. The Morgan fingerprint density at radius 2 is 1.79 bits per heavy atom. The molecule has 0 saturated carbocycles. The molecule has 0 aromatic heterocycles. The third-order valence-corrected chi connectivity index (χ3v) is 3.32. The van der Waals surface area contributed by atoms with E-state index in [1.165, 1.54) is 6.07 Å². The minimum absolute atomic E-state index is 0.432. The van der Waals surface area contributed by atoms with E-state index in [0.29, 0.717) is 11.0 Å². The predicted molar refractivity (Wildman–Crippen MR) is 67.8 cm³/mol. The second-order valence-corrected chi connectivity index (χ2v) is 5.21. The van der Waals surface area contributed by atoms with E-state index in [1.807, 2.05) is 0 Å². The largest absolute Gasteiger partial charge is 0.426 e. The Morgan fingerprint density at radius 3 is 2.38 bits per heavy atom. The number of halogens is 6. The van der Waals surface area contributed by atoms with Crippen LogP contribution < -0.4 is 4.74 Å². The van der Waals surface area contributed by atoms with Gasteiger partial charge in [0, 0.05) is 13.0 Å². The first-order valence-electron chi connectivity index (χ1n) is 6.70. The lowest BCUT2D eigenvalue weighted by molar-refractivity contribution is -0.157. The number of carbonyl (C=O) groups is 2. The Morgan fingerprint density at radius 1 is 1.17 bits per heavy atom. The van der Waals surface area contributed by atoms with Crippen molar-refractivity contribution in [1.29, 1.82) is 0 Å². The normalized spacial score (nSPS) is 18.8.